The van der Waals surface area contributed by atoms with Gasteiger partial charge in [-0.1, -0.05) is 24.3 Å². The summed E-state index contributed by atoms with van der Waals surface area (Å²) in [5.74, 6) is -0.821. The maximum atomic E-state index is 12.1. The number of fused-ring (bicyclic) bond motifs is 1. The zero-order valence-corrected chi connectivity index (χ0v) is 11.7. The first kappa shape index (κ1) is 14.0. The highest BCUT2D eigenvalue weighted by atomic mass is 32.2. The number of nitrogens with two attached hydrogens (primary N) is 1. The fourth-order valence-electron chi connectivity index (χ4n) is 2.51. The Morgan fingerprint density at radius 3 is 2.74 bits per heavy atom. The van der Waals surface area contributed by atoms with Crippen LogP contribution in [0.2, 0.25) is 0 Å². The van der Waals surface area contributed by atoms with E-state index in [4.69, 9.17) is 5.73 Å². The third-order valence-electron chi connectivity index (χ3n) is 3.34. The Labute approximate surface area is 113 Å². The molecule has 104 valence electrons. The van der Waals surface area contributed by atoms with Crippen molar-refractivity contribution in [1.82, 2.24) is 4.90 Å². The lowest BCUT2D eigenvalue weighted by Gasteiger charge is -2.36. The third-order valence-corrected chi connectivity index (χ3v) is 4.11. The summed E-state index contributed by atoms with van der Waals surface area (Å²) < 4.78 is 22.5. The van der Waals surface area contributed by atoms with Gasteiger partial charge in [0.05, 0.1) is 6.04 Å². The smallest absolute Gasteiger partial charge is 0.238 e. The van der Waals surface area contributed by atoms with Gasteiger partial charge >= 0.3 is 0 Å². The molecule has 1 unspecified atom stereocenters. The molecule has 1 aromatic rings. The summed E-state index contributed by atoms with van der Waals surface area (Å²) in [6, 6.07) is 7.62. The Morgan fingerprint density at radius 2 is 2.11 bits per heavy atom. The Morgan fingerprint density at radius 1 is 1.42 bits per heavy atom. The van der Waals surface area contributed by atoms with Crippen LogP contribution in [0.25, 0.3) is 0 Å². The number of amides is 1. The molecule has 5 nitrogen and oxygen atoms in total. The van der Waals surface area contributed by atoms with Crippen LogP contribution in [0.4, 0.5) is 0 Å². The largest absolute Gasteiger partial charge is 0.333 e. The van der Waals surface area contributed by atoms with E-state index in [9.17, 15) is 13.2 Å². The molecule has 1 atom stereocenters. The molecule has 0 fully saturated rings. The number of carbonyl (C=O) groups excluding carboxylic acids is 1. The Bertz CT molecular complexity index is 583. The molecule has 1 aliphatic heterocycles. The van der Waals surface area contributed by atoms with Gasteiger partial charge in [0.25, 0.3) is 0 Å². The van der Waals surface area contributed by atoms with Crippen LogP contribution in [-0.2, 0) is 21.1 Å². The van der Waals surface area contributed by atoms with Gasteiger partial charge in [0.2, 0.25) is 5.91 Å². The number of hydrogen-bond donors (Lipinski definition) is 1. The lowest BCUT2D eigenvalue weighted by molar-refractivity contribution is -0.131. The molecule has 0 saturated carbocycles. The molecule has 2 N–H and O–H groups in total. The first-order chi connectivity index (χ1) is 8.92. The van der Waals surface area contributed by atoms with Crippen LogP contribution in [0.3, 0.4) is 0 Å². The van der Waals surface area contributed by atoms with Gasteiger partial charge in [-0.15, -0.1) is 0 Å². The molecule has 1 amide bonds. The second-order valence-corrected chi connectivity index (χ2v) is 7.00. The number of carbonyl (C=O) groups is 1. The normalized spacial score (nSPS) is 19.1. The Balaban J connectivity index is 2.27. The Kier molecular flexibility index (Phi) is 3.91. The molecule has 19 heavy (non-hydrogen) atoms. The maximum absolute atomic E-state index is 12.1. The van der Waals surface area contributed by atoms with Gasteiger partial charge in [0.1, 0.15) is 5.75 Å². The van der Waals surface area contributed by atoms with E-state index in [-0.39, 0.29) is 11.9 Å². The van der Waals surface area contributed by atoms with Gasteiger partial charge < -0.3 is 10.6 Å². The van der Waals surface area contributed by atoms with E-state index in [1.807, 2.05) is 24.3 Å². The predicted octanol–water partition coefficient (Wildman–Crippen LogP) is 0.116. The van der Waals surface area contributed by atoms with Gasteiger partial charge in [-0.05, 0) is 17.5 Å². The summed E-state index contributed by atoms with van der Waals surface area (Å²) in [5.41, 5.74) is 7.97. The van der Waals surface area contributed by atoms with Crippen molar-refractivity contribution in [1.29, 1.82) is 0 Å². The average molecular weight is 282 g/mol. The van der Waals surface area contributed by atoms with E-state index in [2.05, 4.69) is 0 Å². The molecule has 0 radical (unpaired) electrons. The molecule has 0 aliphatic carbocycles. The van der Waals surface area contributed by atoms with Crippen LogP contribution in [0, 0.1) is 0 Å². The number of rotatable bonds is 3. The van der Waals surface area contributed by atoms with Crippen molar-refractivity contribution in [3.8, 4) is 0 Å². The third kappa shape index (κ3) is 3.13. The molecule has 0 saturated heterocycles. The minimum atomic E-state index is -3.31. The molecule has 2 rings (SSSR count). The average Bonchev–Trinajstić information content (AvgIpc) is 2.35. The van der Waals surface area contributed by atoms with Crippen molar-refractivity contribution in [3.63, 3.8) is 0 Å². The van der Waals surface area contributed by atoms with Crippen molar-refractivity contribution >= 4 is 15.7 Å². The molecule has 6 heteroatoms. The summed E-state index contributed by atoms with van der Waals surface area (Å²) >= 11 is 0. The minimum Gasteiger partial charge on any atom is -0.333 e. The maximum Gasteiger partial charge on any atom is 0.238 e. The zero-order chi connectivity index (χ0) is 14.0. The topological polar surface area (TPSA) is 80.5 Å². The fourth-order valence-corrected chi connectivity index (χ4v) is 3.13. The van der Waals surface area contributed by atoms with Gasteiger partial charge in [0.15, 0.2) is 9.84 Å². The molecule has 1 aromatic carbocycles. The second-order valence-electron chi connectivity index (χ2n) is 4.86. The SMILES string of the molecule is CS(=O)(=O)CC(=O)N1CCc2ccccc2C1CN. The van der Waals surface area contributed by atoms with Gasteiger partial charge in [-0.2, -0.15) is 0 Å². The number of nitrogens with zero attached hydrogens (tertiary/aromatic N) is 1. The highest BCUT2D eigenvalue weighted by Crippen LogP contribution is 2.28. The summed E-state index contributed by atoms with van der Waals surface area (Å²) in [7, 11) is -3.31. The fraction of sp³-hybridized carbons (Fsp3) is 0.462. The lowest BCUT2D eigenvalue weighted by Crippen LogP contribution is -2.45. The second kappa shape index (κ2) is 5.30. The quantitative estimate of drug-likeness (QED) is 0.853. The predicted molar refractivity (Wildman–Crippen MR) is 73.4 cm³/mol. The van der Waals surface area contributed by atoms with Gasteiger partial charge in [-0.3, -0.25) is 4.79 Å². The number of sulfone groups is 1. The summed E-state index contributed by atoms with van der Waals surface area (Å²) in [6.07, 6.45) is 1.81. The van der Waals surface area contributed by atoms with Crippen molar-refractivity contribution in [2.24, 2.45) is 5.73 Å². The summed E-state index contributed by atoms with van der Waals surface area (Å²) in [4.78, 5) is 13.7. The number of hydrogen-bond acceptors (Lipinski definition) is 4. The van der Waals surface area contributed by atoms with Crippen LogP contribution in [0.15, 0.2) is 24.3 Å². The van der Waals surface area contributed by atoms with E-state index >= 15 is 0 Å². The van der Waals surface area contributed by atoms with Crippen molar-refractivity contribution in [2.45, 2.75) is 12.5 Å². The summed E-state index contributed by atoms with van der Waals surface area (Å²) in [5, 5.41) is 0. The molecule has 1 aliphatic rings. The molecule has 0 spiro atoms. The molecule has 1 heterocycles. The first-order valence-corrected chi connectivity index (χ1v) is 8.23. The summed E-state index contributed by atoms with van der Waals surface area (Å²) in [6.45, 7) is 0.819. The Hall–Kier alpha value is -1.40. The zero-order valence-electron chi connectivity index (χ0n) is 10.9. The molecule has 0 bridgehead atoms. The monoisotopic (exact) mass is 282 g/mol. The van der Waals surface area contributed by atoms with Crippen LogP contribution in [0.1, 0.15) is 17.2 Å². The standard InChI is InChI=1S/C13H18N2O3S/c1-19(17,18)9-13(16)15-7-6-10-4-2-3-5-11(10)12(15)8-14/h2-5,12H,6-9,14H2,1H3. The van der Waals surface area contributed by atoms with Crippen LogP contribution in [0.5, 0.6) is 0 Å². The molecule has 0 aromatic heterocycles. The van der Waals surface area contributed by atoms with E-state index in [0.29, 0.717) is 13.1 Å². The lowest BCUT2D eigenvalue weighted by atomic mass is 9.92. The highest BCUT2D eigenvalue weighted by molar-refractivity contribution is 7.91. The highest BCUT2D eigenvalue weighted by Gasteiger charge is 2.30. The first-order valence-electron chi connectivity index (χ1n) is 6.17. The van der Waals surface area contributed by atoms with Crippen LogP contribution >= 0.6 is 0 Å². The van der Waals surface area contributed by atoms with Crippen LogP contribution in [-0.4, -0.2) is 44.3 Å². The van der Waals surface area contributed by atoms with Crippen molar-refractivity contribution < 1.29 is 13.2 Å². The molecular formula is C13H18N2O3S. The minimum absolute atomic E-state index is 0.223. The van der Waals surface area contributed by atoms with Crippen LogP contribution < -0.4 is 5.73 Å². The van der Waals surface area contributed by atoms with Crippen molar-refractivity contribution in [3.05, 3.63) is 35.4 Å². The van der Waals surface area contributed by atoms with Gasteiger partial charge in [0, 0.05) is 19.3 Å². The van der Waals surface area contributed by atoms with Gasteiger partial charge in [-0.25, -0.2) is 8.42 Å². The van der Waals surface area contributed by atoms with E-state index in [1.165, 1.54) is 5.56 Å². The molecular weight excluding hydrogens is 264 g/mol. The van der Waals surface area contributed by atoms with E-state index in [0.717, 1.165) is 18.2 Å². The number of benzene rings is 1. The van der Waals surface area contributed by atoms with Crippen molar-refractivity contribution in [2.75, 3.05) is 25.1 Å². The van der Waals surface area contributed by atoms with E-state index in [1.54, 1.807) is 4.90 Å². The van der Waals surface area contributed by atoms with E-state index < -0.39 is 15.6 Å².